The molecular formula is C17H28N2O. The van der Waals surface area contributed by atoms with E-state index in [1.54, 1.807) is 0 Å². The van der Waals surface area contributed by atoms with Gasteiger partial charge >= 0.3 is 0 Å². The molecule has 0 aliphatic carbocycles. The number of hydrogen-bond acceptors (Lipinski definition) is 3. The number of anilines is 2. The molecule has 0 bridgehead atoms. The quantitative estimate of drug-likeness (QED) is 0.850. The summed E-state index contributed by atoms with van der Waals surface area (Å²) in [5.41, 5.74) is 8.55. The lowest BCUT2D eigenvalue weighted by Gasteiger charge is -2.28. The van der Waals surface area contributed by atoms with Crippen LogP contribution in [0, 0.1) is 11.3 Å². The van der Waals surface area contributed by atoms with Gasteiger partial charge in [-0.3, -0.25) is 0 Å². The first kappa shape index (κ1) is 15.0. The predicted molar refractivity (Wildman–Crippen MR) is 86.4 cm³/mol. The van der Waals surface area contributed by atoms with Crippen molar-refractivity contribution in [2.24, 2.45) is 11.3 Å². The highest BCUT2D eigenvalue weighted by Gasteiger charge is 2.32. The summed E-state index contributed by atoms with van der Waals surface area (Å²) in [7, 11) is 0. The van der Waals surface area contributed by atoms with Crippen LogP contribution in [0.4, 0.5) is 11.4 Å². The Balaban J connectivity index is 2.18. The molecule has 1 heterocycles. The van der Waals surface area contributed by atoms with Gasteiger partial charge < -0.3 is 15.4 Å². The molecule has 1 atom stereocenters. The highest BCUT2D eigenvalue weighted by molar-refractivity contribution is 5.74. The molecule has 1 aliphatic rings. The minimum absolute atomic E-state index is 0.147. The van der Waals surface area contributed by atoms with Gasteiger partial charge in [-0.25, -0.2) is 0 Å². The van der Waals surface area contributed by atoms with E-state index in [1.165, 1.54) is 6.42 Å². The van der Waals surface area contributed by atoms with Gasteiger partial charge in [-0.05, 0) is 43.7 Å². The fourth-order valence-electron chi connectivity index (χ4n) is 2.85. The fraction of sp³-hybridized carbons (Fsp3) is 0.647. The van der Waals surface area contributed by atoms with Gasteiger partial charge in [0.25, 0.3) is 0 Å². The fourth-order valence-corrected chi connectivity index (χ4v) is 2.85. The Morgan fingerprint density at radius 2 is 2.00 bits per heavy atom. The summed E-state index contributed by atoms with van der Waals surface area (Å²) in [6.45, 7) is 13.2. The van der Waals surface area contributed by atoms with Gasteiger partial charge in [0.05, 0.1) is 17.5 Å². The van der Waals surface area contributed by atoms with Crippen molar-refractivity contribution in [1.82, 2.24) is 0 Å². The number of nitrogens with zero attached hydrogens (tertiary/aromatic N) is 1. The zero-order valence-corrected chi connectivity index (χ0v) is 13.4. The Bertz CT molecular complexity index is 463. The Morgan fingerprint density at radius 3 is 2.55 bits per heavy atom. The lowest BCUT2D eigenvalue weighted by Crippen LogP contribution is -2.26. The molecular weight excluding hydrogens is 248 g/mol. The Labute approximate surface area is 123 Å². The van der Waals surface area contributed by atoms with Crippen molar-refractivity contribution in [1.29, 1.82) is 0 Å². The molecule has 1 aromatic rings. The number of ether oxygens (including phenoxy) is 1. The van der Waals surface area contributed by atoms with E-state index in [0.29, 0.717) is 5.41 Å². The van der Waals surface area contributed by atoms with Crippen LogP contribution in [0.15, 0.2) is 18.2 Å². The van der Waals surface area contributed by atoms with Crippen LogP contribution in [-0.2, 0) is 0 Å². The number of hydrogen-bond donors (Lipinski definition) is 1. The van der Waals surface area contributed by atoms with Gasteiger partial charge in [0.15, 0.2) is 0 Å². The lowest BCUT2D eigenvalue weighted by atomic mass is 9.80. The Morgan fingerprint density at radius 1 is 1.30 bits per heavy atom. The van der Waals surface area contributed by atoms with Gasteiger partial charge in [0, 0.05) is 13.1 Å². The molecule has 0 radical (unpaired) electrons. The summed E-state index contributed by atoms with van der Waals surface area (Å²) in [6, 6.07) is 6.09. The second-order valence-electron chi connectivity index (χ2n) is 7.15. The first-order valence-corrected chi connectivity index (χ1v) is 7.59. The SMILES string of the molecule is CC(C)Oc1cccc(N2CCC(C(C)(C)C)C2)c1N. The zero-order valence-electron chi connectivity index (χ0n) is 13.4. The third kappa shape index (κ3) is 3.20. The summed E-state index contributed by atoms with van der Waals surface area (Å²) in [5, 5.41) is 0. The summed E-state index contributed by atoms with van der Waals surface area (Å²) < 4.78 is 5.79. The summed E-state index contributed by atoms with van der Waals surface area (Å²) in [6.07, 6.45) is 1.38. The van der Waals surface area contributed by atoms with Crippen LogP contribution in [0.5, 0.6) is 5.75 Å². The molecule has 0 amide bonds. The molecule has 20 heavy (non-hydrogen) atoms. The van der Waals surface area contributed by atoms with E-state index in [9.17, 15) is 0 Å². The summed E-state index contributed by atoms with van der Waals surface area (Å²) in [5.74, 6) is 1.52. The molecule has 3 nitrogen and oxygen atoms in total. The van der Waals surface area contributed by atoms with E-state index < -0.39 is 0 Å². The molecule has 1 fully saturated rings. The molecule has 1 aromatic carbocycles. The van der Waals surface area contributed by atoms with Crippen LogP contribution >= 0.6 is 0 Å². The van der Waals surface area contributed by atoms with Crippen molar-refractivity contribution in [2.45, 2.75) is 47.1 Å². The summed E-state index contributed by atoms with van der Waals surface area (Å²) >= 11 is 0. The second kappa shape index (κ2) is 5.55. The van der Waals surface area contributed by atoms with E-state index in [4.69, 9.17) is 10.5 Å². The molecule has 3 heteroatoms. The minimum atomic E-state index is 0.147. The number of rotatable bonds is 3. The van der Waals surface area contributed by atoms with Crippen molar-refractivity contribution in [2.75, 3.05) is 23.7 Å². The molecule has 1 unspecified atom stereocenters. The number of nitrogens with two attached hydrogens (primary N) is 1. The summed E-state index contributed by atoms with van der Waals surface area (Å²) in [4.78, 5) is 2.40. The Hall–Kier alpha value is -1.38. The van der Waals surface area contributed by atoms with E-state index in [-0.39, 0.29) is 6.10 Å². The van der Waals surface area contributed by atoms with Crippen LogP contribution in [0.25, 0.3) is 0 Å². The molecule has 1 saturated heterocycles. The van der Waals surface area contributed by atoms with Gasteiger partial charge in [0.1, 0.15) is 5.75 Å². The smallest absolute Gasteiger partial charge is 0.144 e. The second-order valence-corrected chi connectivity index (χ2v) is 7.15. The topological polar surface area (TPSA) is 38.5 Å². The predicted octanol–water partition coefficient (Wildman–Crippen LogP) is 3.93. The highest BCUT2D eigenvalue weighted by Crippen LogP contribution is 2.39. The molecule has 0 spiro atoms. The van der Waals surface area contributed by atoms with Crippen molar-refractivity contribution in [3.63, 3.8) is 0 Å². The van der Waals surface area contributed by atoms with Crippen LogP contribution < -0.4 is 15.4 Å². The first-order valence-electron chi connectivity index (χ1n) is 7.59. The van der Waals surface area contributed by atoms with Crippen LogP contribution in [-0.4, -0.2) is 19.2 Å². The third-order valence-corrected chi connectivity index (χ3v) is 4.16. The normalized spacial score (nSPS) is 19.7. The Kier molecular flexibility index (Phi) is 4.17. The van der Waals surface area contributed by atoms with Gasteiger partial charge in [-0.2, -0.15) is 0 Å². The van der Waals surface area contributed by atoms with Gasteiger partial charge in [-0.1, -0.05) is 26.8 Å². The lowest BCUT2D eigenvalue weighted by molar-refractivity contribution is 0.244. The van der Waals surface area contributed by atoms with Crippen molar-refractivity contribution in [3.05, 3.63) is 18.2 Å². The molecule has 0 saturated carbocycles. The van der Waals surface area contributed by atoms with Crippen molar-refractivity contribution in [3.8, 4) is 5.75 Å². The monoisotopic (exact) mass is 276 g/mol. The maximum atomic E-state index is 6.30. The minimum Gasteiger partial charge on any atom is -0.489 e. The van der Waals surface area contributed by atoms with E-state index in [1.807, 2.05) is 26.0 Å². The molecule has 1 aliphatic heterocycles. The van der Waals surface area contributed by atoms with Crippen LogP contribution in [0.3, 0.4) is 0 Å². The first-order chi connectivity index (χ1) is 9.29. The molecule has 2 N–H and O–H groups in total. The van der Waals surface area contributed by atoms with Gasteiger partial charge in [0.2, 0.25) is 0 Å². The highest BCUT2D eigenvalue weighted by atomic mass is 16.5. The van der Waals surface area contributed by atoms with E-state index in [2.05, 4.69) is 31.7 Å². The average Bonchev–Trinajstić information content (AvgIpc) is 2.80. The van der Waals surface area contributed by atoms with E-state index >= 15 is 0 Å². The van der Waals surface area contributed by atoms with Crippen LogP contribution in [0.1, 0.15) is 41.0 Å². The maximum absolute atomic E-state index is 6.30. The maximum Gasteiger partial charge on any atom is 0.144 e. The van der Waals surface area contributed by atoms with Crippen LogP contribution in [0.2, 0.25) is 0 Å². The molecule has 112 valence electrons. The zero-order chi connectivity index (χ0) is 14.9. The van der Waals surface area contributed by atoms with Crippen molar-refractivity contribution >= 4 is 11.4 Å². The standard InChI is InChI=1S/C17H28N2O/c1-12(2)20-15-8-6-7-14(16(15)18)19-10-9-13(11-19)17(3,4)5/h6-8,12-13H,9-11,18H2,1-5H3. The molecule has 0 aromatic heterocycles. The number of para-hydroxylation sites is 1. The van der Waals surface area contributed by atoms with E-state index in [0.717, 1.165) is 36.1 Å². The third-order valence-electron chi connectivity index (χ3n) is 4.16. The number of benzene rings is 1. The molecule has 2 rings (SSSR count). The largest absolute Gasteiger partial charge is 0.489 e. The van der Waals surface area contributed by atoms with Crippen molar-refractivity contribution < 1.29 is 4.74 Å². The number of nitrogen functional groups attached to an aromatic ring is 1. The average molecular weight is 276 g/mol. The van der Waals surface area contributed by atoms with Gasteiger partial charge in [-0.15, -0.1) is 0 Å².